The molecule has 0 aliphatic carbocycles. The van der Waals surface area contributed by atoms with Crippen molar-refractivity contribution in [1.82, 2.24) is 4.98 Å². The molecule has 0 aliphatic heterocycles. The molecule has 5 heteroatoms. The number of esters is 1. The van der Waals surface area contributed by atoms with Gasteiger partial charge in [0, 0.05) is 6.20 Å². The highest BCUT2D eigenvalue weighted by atomic mass is 16.5. The van der Waals surface area contributed by atoms with E-state index in [0.717, 1.165) is 0 Å². The van der Waals surface area contributed by atoms with Crippen LogP contribution in [0, 0.1) is 5.39 Å². The first-order valence-electron chi connectivity index (χ1n) is 3.16. The Balaban J connectivity index is 3.04. The van der Waals surface area contributed by atoms with Gasteiger partial charge in [-0.25, -0.2) is 4.79 Å². The van der Waals surface area contributed by atoms with Crippen LogP contribution in [0.1, 0.15) is 10.4 Å². The molecule has 0 aliphatic rings. The predicted molar refractivity (Wildman–Crippen MR) is 40.3 cm³/mol. The van der Waals surface area contributed by atoms with Gasteiger partial charge in [-0.05, 0) is 0 Å². The predicted octanol–water partition coefficient (Wildman–Crippen LogP) is 1.35. The highest BCUT2D eigenvalue weighted by Crippen LogP contribution is 2.11. The maximum Gasteiger partial charge on any atom is 0.403 e. The Labute approximate surface area is 68.6 Å². The molecule has 0 unspecified atom stereocenters. The van der Waals surface area contributed by atoms with Crippen LogP contribution < -0.4 is 0 Å². The lowest BCUT2D eigenvalue weighted by Crippen LogP contribution is -2.00. The smallest absolute Gasteiger partial charge is 0.403 e. The minimum Gasteiger partial charge on any atom is -0.465 e. The van der Waals surface area contributed by atoms with Crippen LogP contribution in [0.2, 0.25) is 0 Å². The normalized spacial score (nSPS) is 8.67. The van der Waals surface area contributed by atoms with E-state index in [1.807, 2.05) is 0 Å². The highest BCUT2D eigenvalue weighted by Gasteiger charge is 2.11. The van der Waals surface area contributed by atoms with Gasteiger partial charge >= 0.3 is 11.7 Å². The van der Waals surface area contributed by atoms with Gasteiger partial charge < -0.3 is 4.74 Å². The third-order valence-corrected chi connectivity index (χ3v) is 1.26. The summed E-state index contributed by atoms with van der Waals surface area (Å²) in [6.45, 7) is 0. The van der Waals surface area contributed by atoms with Crippen molar-refractivity contribution in [1.29, 1.82) is 5.39 Å². The Bertz CT molecular complexity index is 343. The zero-order valence-electron chi connectivity index (χ0n) is 6.39. The van der Waals surface area contributed by atoms with Crippen LogP contribution in [-0.2, 0) is 4.74 Å². The lowest BCUT2D eigenvalue weighted by molar-refractivity contribution is 0.0600. The highest BCUT2D eigenvalue weighted by molar-refractivity contribution is 5.89. The molecule has 1 heterocycles. The van der Waals surface area contributed by atoms with E-state index in [1.165, 1.54) is 25.6 Å². The number of methoxy groups -OCH3 is 1. The first kappa shape index (κ1) is 8.14. The molecule has 0 N–H and O–H groups in total. The second-order valence-electron chi connectivity index (χ2n) is 2.02. The maximum atomic E-state index is 10.9. The number of diazo groups is 1. The zero-order valence-corrected chi connectivity index (χ0v) is 6.39. The Morgan fingerprint density at radius 3 is 3.00 bits per heavy atom. The fraction of sp³-hybridized carbons (Fsp3) is 0.143. The van der Waals surface area contributed by atoms with Crippen LogP contribution in [0.5, 0.6) is 0 Å². The fourth-order valence-corrected chi connectivity index (χ4v) is 0.712. The van der Waals surface area contributed by atoms with Gasteiger partial charge in [-0.2, -0.15) is 0 Å². The topological polar surface area (TPSA) is 67.3 Å². The number of rotatable bonds is 1. The molecule has 0 spiro atoms. The maximum absolute atomic E-state index is 10.9. The van der Waals surface area contributed by atoms with Crippen molar-refractivity contribution in [2.24, 2.45) is 0 Å². The Morgan fingerprint density at radius 2 is 2.42 bits per heavy atom. The third-order valence-electron chi connectivity index (χ3n) is 1.26. The number of hydrogen-bond acceptors (Lipinski definition) is 4. The average molecular weight is 164 g/mol. The summed E-state index contributed by atoms with van der Waals surface area (Å²) < 4.78 is 4.43. The van der Waals surface area contributed by atoms with Crippen LogP contribution in [0.4, 0.5) is 5.69 Å². The summed E-state index contributed by atoms with van der Waals surface area (Å²) in [5.41, 5.74) is 0.478. The van der Waals surface area contributed by atoms with Gasteiger partial charge in [-0.15, -0.1) is 0 Å². The van der Waals surface area contributed by atoms with Gasteiger partial charge in [-0.3, -0.25) is 4.98 Å². The van der Waals surface area contributed by atoms with Crippen molar-refractivity contribution < 1.29 is 9.53 Å². The van der Waals surface area contributed by atoms with Gasteiger partial charge in [0.25, 0.3) is 0 Å². The number of hydrogen-bond donors (Lipinski definition) is 0. The molecule has 0 saturated carbocycles. The number of carbonyl (C=O) groups is 1. The van der Waals surface area contributed by atoms with Crippen molar-refractivity contribution in [3.05, 3.63) is 29.0 Å². The van der Waals surface area contributed by atoms with Crippen molar-refractivity contribution in [3.63, 3.8) is 0 Å². The van der Waals surface area contributed by atoms with E-state index in [-0.39, 0.29) is 11.3 Å². The first-order valence-corrected chi connectivity index (χ1v) is 3.16. The molecule has 1 rings (SSSR count). The molecule has 0 saturated heterocycles. The molecule has 0 bridgehead atoms. The molecule has 60 valence electrons. The largest absolute Gasteiger partial charge is 0.465 e. The SMILES string of the molecule is COC(=O)c1cncc([N+]#N)c1. The summed E-state index contributed by atoms with van der Waals surface area (Å²) in [4.78, 5) is 17.4. The van der Waals surface area contributed by atoms with Crippen molar-refractivity contribution >= 4 is 11.7 Å². The van der Waals surface area contributed by atoms with Crippen LogP contribution in [-0.4, -0.2) is 18.1 Å². The molecule has 1 aromatic rings. The number of pyridine rings is 1. The van der Waals surface area contributed by atoms with E-state index in [4.69, 9.17) is 5.39 Å². The quantitative estimate of drug-likeness (QED) is 0.464. The average Bonchev–Trinajstić information content (AvgIpc) is 2.17. The monoisotopic (exact) mass is 164 g/mol. The molecule has 5 nitrogen and oxygen atoms in total. The number of ether oxygens (including phenoxy) is 1. The molecular formula is C7H6N3O2+. The van der Waals surface area contributed by atoms with E-state index < -0.39 is 5.97 Å². The fourth-order valence-electron chi connectivity index (χ4n) is 0.712. The van der Waals surface area contributed by atoms with Gasteiger partial charge in [0.05, 0.1) is 18.7 Å². The van der Waals surface area contributed by atoms with Crippen molar-refractivity contribution in [3.8, 4) is 0 Å². The molecule has 0 radical (unpaired) electrons. The number of carbonyl (C=O) groups excluding carboxylic acids is 1. The Hall–Kier alpha value is -1.96. The molecule has 1 aromatic heterocycles. The van der Waals surface area contributed by atoms with Gasteiger partial charge in [0.2, 0.25) is 5.39 Å². The zero-order chi connectivity index (χ0) is 8.97. The number of aromatic nitrogens is 1. The van der Waals surface area contributed by atoms with E-state index in [2.05, 4.69) is 14.7 Å². The lowest BCUT2D eigenvalue weighted by Gasteiger charge is -1.93. The van der Waals surface area contributed by atoms with Crippen LogP contribution in [0.15, 0.2) is 18.5 Å². The first-order chi connectivity index (χ1) is 5.77. The molecular weight excluding hydrogens is 158 g/mol. The molecule has 0 fully saturated rings. The van der Waals surface area contributed by atoms with E-state index in [1.54, 1.807) is 0 Å². The van der Waals surface area contributed by atoms with E-state index in [9.17, 15) is 4.79 Å². The Morgan fingerprint density at radius 1 is 1.67 bits per heavy atom. The summed E-state index contributed by atoms with van der Waals surface area (Å²) in [5.74, 6) is -0.506. The number of nitrogens with zero attached hydrogens (tertiary/aromatic N) is 3. The van der Waals surface area contributed by atoms with Gasteiger partial charge in [0.15, 0.2) is 4.98 Å². The van der Waals surface area contributed by atoms with Crippen LogP contribution in [0.3, 0.4) is 0 Å². The van der Waals surface area contributed by atoms with Crippen LogP contribution >= 0.6 is 0 Å². The van der Waals surface area contributed by atoms with E-state index >= 15 is 0 Å². The molecule has 0 amide bonds. The molecule has 0 atom stereocenters. The lowest BCUT2D eigenvalue weighted by atomic mass is 10.3. The summed E-state index contributed by atoms with van der Waals surface area (Å²) in [6, 6.07) is 1.37. The Kier molecular flexibility index (Phi) is 2.33. The third kappa shape index (κ3) is 1.55. The van der Waals surface area contributed by atoms with Gasteiger partial charge in [0.1, 0.15) is 6.20 Å². The van der Waals surface area contributed by atoms with E-state index in [0.29, 0.717) is 0 Å². The van der Waals surface area contributed by atoms with Gasteiger partial charge in [-0.1, -0.05) is 0 Å². The van der Waals surface area contributed by atoms with Crippen LogP contribution in [0.25, 0.3) is 4.98 Å². The summed E-state index contributed by atoms with van der Waals surface area (Å²) in [5, 5.41) is 8.35. The van der Waals surface area contributed by atoms with Crippen molar-refractivity contribution in [2.45, 2.75) is 0 Å². The summed E-state index contributed by atoms with van der Waals surface area (Å²) in [6.07, 6.45) is 2.66. The molecule has 12 heavy (non-hydrogen) atoms. The summed E-state index contributed by atoms with van der Waals surface area (Å²) in [7, 11) is 1.27. The molecule has 0 aromatic carbocycles. The minimum atomic E-state index is -0.506. The second-order valence-corrected chi connectivity index (χ2v) is 2.02. The minimum absolute atomic E-state index is 0.220. The standard InChI is InChI=1S/C7H6N3O2/c1-12-7(11)5-2-6(10-8)4-9-3-5/h2-4H,1H3/q+1. The second kappa shape index (κ2) is 3.44. The summed E-state index contributed by atoms with van der Waals surface area (Å²) >= 11 is 0. The van der Waals surface area contributed by atoms with Crippen molar-refractivity contribution in [2.75, 3.05) is 7.11 Å².